The zero-order valence-corrected chi connectivity index (χ0v) is 15.5. The number of rotatable bonds is 4. The van der Waals surface area contributed by atoms with Crippen LogP contribution in [0.15, 0.2) is 48.7 Å². The summed E-state index contributed by atoms with van der Waals surface area (Å²) >= 11 is 5.89. The van der Waals surface area contributed by atoms with Gasteiger partial charge in [0.2, 0.25) is 0 Å². The predicted octanol–water partition coefficient (Wildman–Crippen LogP) is 4.21. The number of nitrogens with zero attached hydrogens (tertiary/aromatic N) is 1. The molecular weight excluding hydrogens is 380 g/mol. The van der Waals surface area contributed by atoms with E-state index in [0.717, 1.165) is 5.56 Å². The molecule has 4 rings (SSSR count). The Hall–Kier alpha value is -3.58. The number of primary amides is 1. The third-order valence-corrected chi connectivity index (χ3v) is 4.67. The molecule has 0 aliphatic carbocycles. The van der Waals surface area contributed by atoms with Crippen LogP contribution in [-0.4, -0.2) is 26.8 Å². The Bertz CT molecular complexity index is 1210. The summed E-state index contributed by atoms with van der Waals surface area (Å²) in [5.41, 5.74) is 8.74. The number of hydrogen-bond acceptors (Lipinski definition) is 4. The first-order valence-electron chi connectivity index (χ1n) is 8.38. The number of amides is 1. The van der Waals surface area contributed by atoms with Crippen LogP contribution in [-0.2, 0) is 0 Å². The second kappa shape index (κ2) is 6.86. The Morgan fingerprint density at radius 3 is 2.61 bits per heavy atom. The lowest BCUT2D eigenvalue weighted by Crippen LogP contribution is -2.16. The van der Waals surface area contributed by atoms with Gasteiger partial charge in [0.15, 0.2) is 17.4 Å². The van der Waals surface area contributed by atoms with Gasteiger partial charge in [-0.1, -0.05) is 17.7 Å². The fourth-order valence-corrected chi connectivity index (χ4v) is 3.18. The molecule has 0 aliphatic heterocycles. The molecule has 4 N–H and O–H groups in total. The first-order valence-corrected chi connectivity index (χ1v) is 8.76. The Kier molecular flexibility index (Phi) is 4.37. The van der Waals surface area contributed by atoms with E-state index in [-0.39, 0.29) is 11.5 Å². The number of ether oxygens (including phenoxy) is 1. The van der Waals surface area contributed by atoms with Crippen LogP contribution in [0.4, 0.5) is 4.79 Å². The van der Waals surface area contributed by atoms with E-state index >= 15 is 0 Å². The fourth-order valence-electron chi connectivity index (χ4n) is 3.05. The number of imidazole rings is 1. The number of para-hydroxylation sites is 1. The Morgan fingerprint density at radius 2 is 1.89 bits per heavy atom. The zero-order valence-electron chi connectivity index (χ0n) is 14.7. The fraction of sp³-hybridized carbons (Fsp3) is 0.0500. The van der Waals surface area contributed by atoms with Crippen LogP contribution >= 0.6 is 11.6 Å². The molecule has 4 aromatic rings. The molecule has 0 bridgehead atoms. The van der Waals surface area contributed by atoms with Crippen molar-refractivity contribution in [3.63, 3.8) is 0 Å². The number of fused-ring (bicyclic) bond motifs is 1. The van der Waals surface area contributed by atoms with Crippen LogP contribution < -0.4 is 10.5 Å². The standard InChI is InChI=1S/C20H15ClN4O3/c1-10-13(18(26)11-5-7-12(21)8-6-11)9-23-16(10)19-24-14-3-2-4-15(17(14)25-19)28-20(22)27/h2-9,23H,1H3,(H2,22,27)(H,24,25). The number of halogens is 1. The maximum Gasteiger partial charge on any atom is 0.410 e. The average Bonchev–Trinajstić information content (AvgIpc) is 3.25. The van der Waals surface area contributed by atoms with Crippen LogP contribution in [0, 0.1) is 6.92 Å². The molecule has 0 radical (unpaired) electrons. The van der Waals surface area contributed by atoms with Crippen molar-refractivity contribution in [3.05, 3.63) is 70.4 Å². The summed E-state index contributed by atoms with van der Waals surface area (Å²) in [5.74, 6) is 0.655. The van der Waals surface area contributed by atoms with Gasteiger partial charge in [0, 0.05) is 22.3 Å². The molecule has 28 heavy (non-hydrogen) atoms. The first kappa shape index (κ1) is 17.8. The lowest BCUT2D eigenvalue weighted by Gasteiger charge is -2.01. The van der Waals surface area contributed by atoms with E-state index in [1.165, 1.54) is 0 Å². The third-order valence-electron chi connectivity index (χ3n) is 4.41. The van der Waals surface area contributed by atoms with Gasteiger partial charge in [-0.3, -0.25) is 4.79 Å². The maximum absolute atomic E-state index is 12.8. The molecule has 2 aromatic carbocycles. The Morgan fingerprint density at radius 1 is 1.14 bits per heavy atom. The minimum absolute atomic E-state index is 0.120. The molecule has 7 nitrogen and oxygen atoms in total. The van der Waals surface area contributed by atoms with Crippen molar-refractivity contribution in [1.82, 2.24) is 15.0 Å². The quantitative estimate of drug-likeness (QED) is 0.450. The summed E-state index contributed by atoms with van der Waals surface area (Å²) in [4.78, 5) is 34.7. The molecule has 8 heteroatoms. The van der Waals surface area contributed by atoms with Gasteiger partial charge in [-0.05, 0) is 48.9 Å². The van der Waals surface area contributed by atoms with Crippen molar-refractivity contribution in [2.24, 2.45) is 5.73 Å². The minimum atomic E-state index is -0.913. The number of hydrogen-bond donors (Lipinski definition) is 3. The van der Waals surface area contributed by atoms with Crippen molar-refractivity contribution in [2.75, 3.05) is 0 Å². The molecule has 0 aliphatic rings. The zero-order chi connectivity index (χ0) is 19.8. The van der Waals surface area contributed by atoms with E-state index in [4.69, 9.17) is 22.1 Å². The number of benzene rings is 2. The highest BCUT2D eigenvalue weighted by atomic mass is 35.5. The summed E-state index contributed by atoms with van der Waals surface area (Å²) in [6, 6.07) is 11.9. The number of nitrogens with two attached hydrogens (primary N) is 1. The number of aromatic nitrogens is 3. The van der Waals surface area contributed by atoms with Crippen LogP contribution in [0.3, 0.4) is 0 Å². The number of carbonyl (C=O) groups excluding carboxylic acids is 2. The predicted molar refractivity (Wildman–Crippen MR) is 106 cm³/mol. The SMILES string of the molecule is Cc1c(C(=O)c2ccc(Cl)cc2)c[nH]c1-c1nc2c(OC(N)=O)cccc2[nH]1. The van der Waals surface area contributed by atoms with Crippen molar-refractivity contribution in [2.45, 2.75) is 6.92 Å². The number of carbonyl (C=O) groups is 2. The van der Waals surface area contributed by atoms with Crippen LogP contribution in [0.2, 0.25) is 5.02 Å². The van der Waals surface area contributed by atoms with Crippen molar-refractivity contribution < 1.29 is 14.3 Å². The summed E-state index contributed by atoms with van der Waals surface area (Å²) in [7, 11) is 0. The van der Waals surface area contributed by atoms with Crippen LogP contribution in [0.25, 0.3) is 22.6 Å². The van der Waals surface area contributed by atoms with E-state index in [9.17, 15) is 9.59 Å². The summed E-state index contributed by atoms with van der Waals surface area (Å²) < 4.78 is 5.00. The van der Waals surface area contributed by atoms with E-state index < -0.39 is 6.09 Å². The highest BCUT2D eigenvalue weighted by Crippen LogP contribution is 2.30. The minimum Gasteiger partial charge on any atom is -0.408 e. The molecule has 0 saturated heterocycles. The lowest BCUT2D eigenvalue weighted by atomic mass is 10.0. The molecule has 0 spiro atoms. The largest absolute Gasteiger partial charge is 0.410 e. The Labute approximate surface area is 164 Å². The van der Waals surface area contributed by atoms with E-state index in [2.05, 4.69) is 15.0 Å². The maximum atomic E-state index is 12.8. The van der Waals surface area contributed by atoms with Crippen molar-refractivity contribution in [1.29, 1.82) is 0 Å². The molecule has 2 aromatic heterocycles. The van der Waals surface area contributed by atoms with Crippen LogP contribution in [0.5, 0.6) is 5.75 Å². The molecule has 0 atom stereocenters. The molecule has 2 heterocycles. The highest BCUT2D eigenvalue weighted by molar-refractivity contribution is 6.30. The number of H-pyrrole nitrogens is 2. The smallest absolute Gasteiger partial charge is 0.408 e. The number of nitrogens with one attached hydrogen (secondary N) is 2. The summed E-state index contributed by atoms with van der Waals surface area (Å²) in [5, 5.41) is 0.569. The summed E-state index contributed by atoms with van der Waals surface area (Å²) in [6.07, 6.45) is 0.735. The van der Waals surface area contributed by atoms with Gasteiger partial charge in [0.25, 0.3) is 0 Å². The van der Waals surface area contributed by atoms with E-state index in [1.54, 1.807) is 48.7 Å². The molecule has 0 saturated carbocycles. The first-order chi connectivity index (χ1) is 13.4. The molecule has 1 amide bonds. The normalized spacial score (nSPS) is 10.9. The highest BCUT2D eigenvalue weighted by Gasteiger charge is 2.19. The summed E-state index contributed by atoms with van der Waals surface area (Å²) in [6.45, 7) is 1.84. The van der Waals surface area contributed by atoms with E-state index in [1.807, 2.05) is 6.92 Å². The second-order valence-corrected chi connectivity index (χ2v) is 6.63. The molecule has 0 fully saturated rings. The van der Waals surface area contributed by atoms with Gasteiger partial charge in [0.05, 0.1) is 11.2 Å². The number of aromatic amines is 2. The van der Waals surface area contributed by atoms with Gasteiger partial charge < -0.3 is 20.4 Å². The van der Waals surface area contributed by atoms with Crippen LogP contribution in [0.1, 0.15) is 21.5 Å². The average molecular weight is 395 g/mol. The second-order valence-electron chi connectivity index (χ2n) is 6.20. The molecule has 140 valence electrons. The van der Waals surface area contributed by atoms with Gasteiger partial charge in [0.1, 0.15) is 5.52 Å². The molecular formula is C20H15ClN4O3. The van der Waals surface area contributed by atoms with Gasteiger partial charge in [-0.2, -0.15) is 0 Å². The monoisotopic (exact) mass is 394 g/mol. The van der Waals surface area contributed by atoms with Crippen molar-refractivity contribution >= 4 is 34.5 Å². The van der Waals surface area contributed by atoms with Crippen molar-refractivity contribution in [3.8, 4) is 17.3 Å². The third kappa shape index (κ3) is 3.12. The molecule has 0 unspecified atom stereocenters. The van der Waals surface area contributed by atoms with Gasteiger partial charge in [-0.15, -0.1) is 0 Å². The topological polar surface area (TPSA) is 114 Å². The van der Waals surface area contributed by atoms with Gasteiger partial charge >= 0.3 is 6.09 Å². The van der Waals surface area contributed by atoms with E-state index in [0.29, 0.717) is 38.7 Å². The number of ketones is 1. The lowest BCUT2D eigenvalue weighted by molar-refractivity contribution is 0.103. The van der Waals surface area contributed by atoms with Gasteiger partial charge in [-0.25, -0.2) is 9.78 Å². The Balaban J connectivity index is 1.74.